The van der Waals surface area contributed by atoms with Crippen molar-refractivity contribution in [3.8, 4) is 5.75 Å². The van der Waals surface area contributed by atoms with Gasteiger partial charge in [-0.1, -0.05) is 6.07 Å². The smallest absolute Gasteiger partial charge is 0.369 e. The number of hydrogen-bond acceptors (Lipinski definition) is 4. The van der Waals surface area contributed by atoms with Gasteiger partial charge in [0, 0.05) is 18.8 Å². The van der Waals surface area contributed by atoms with Crippen LogP contribution in [0.25, 0.3) is 0 Å². The van der Waals surface area contributed by atoms with Gasteiger partial charge in [-0.3, -0.25) is 0 Å². The van der Waals surface area contributed by atoms with E-state index < -0.39 is 8.56 Å². The maximum atomic E-state index is 5.88. The molecule has 18 heavy (non-hydrogen) atoms. The molecule has 0 aliphatic carbocycles. The molecule has 0 atom stereocenters. The van der Waals surface area contributed by atoms with Gasteiger partial charge >= 0.3 is 8.56 Å². The predicted octanol–water partition coefficient (Wildman–Crippen LogP) is 1.91. The fourth-order valence-electron chi connectivity index (χ4n) is 2.13. The third-order valence-electron chi connectivity index (χ3n) is 2.98. The average Bonchev–Trinajstić information content (AvgIpc) is 2.39. The highest BCUT2D eigenvalue weighted by atomic mass is 28.4. The molecule has 0 N–H and O–H groups in total. The Morgan fingerprint density at radius 2 is 1.94 bits per heavy atom. The molecule has 1 aromatic carbocycles. The van der Waals surface area contributed by atoms with E-state index in [1.165, 1.54) is 0 Å². The molecule has 0 saturated heterocycles. The van der Waals surface area contributed by atoms with Gasteiger partial charge in [0.15, 0.2) is 6.79 Å². The number of fused-ring (bicyclic) bond motifs is 1. The molecule has 0 aromatic heterocycles. The van der Waals surface area contributed by atoms with Crippen molar-refractivity contribution >= 4 is 13.7 Å². The van der Waals surface area contributed by atoms with Crippen LogP contribution in [0.1, 0.15) is 19.4 Å². The normalized spacial score (nSPS) is 15.1. The first-order valence-corrected chi connectivity index (χ1v) is 8.63. The fourth-order valence-corrected chi connectivity index (χ4v) is 4.47. The average molecular weight is 268 g/mol. The van der Waals surface area contributed by atoms with Crippen molar-refractivity contribution in [2.24, 2.45) is 0 Å². The van der Waals surface area contributed by atoms with Gasteiger partial charge in [0.1, 0.15) is 5.75 Å². The fraction of sp³-hybridized carbons (Fsp3) is 0.538. The van der Waals surface area contributed by atoms with Gasteiger partial charge in [-0.15, -0.1) is 0 Å². The lowest BCUT2D eigenvalue weighted by molar-refractivity contribution is -0.0163. The van der Waals surface area contributed by atoms with Crippen LogP contribution < -0.4 is 9.92 Å². The molecule has 0 spiro atoms. The number of rotatable bonds is 5. The van der Waals surface area contributed by atoms with Crippen LogP contribution >= 0.6 is 0 Å². The second-order valence-electron chi connectivity index (χ2n) is 4.24. The second-order valence-corrected chi connectivity index (χ2v) is 7.29. The molecule has 5 heteroatoms. The SMILES string of the molecule is CCO[Si](C)(OCC)c1ccc2c(c1)COCO2. The Kier molecular flexibility index (Phi) is 4.39. The molecule has 0 amide bonds. The Morgan fingerprint density at radius 1 is 1.22 bits per heavy atom. The van der Waals surface area contributed by atoms with Crippen LogP contribution in [-0.4, -0.2) is 28.6 Å². The van der Waals surface area contributed by atoms with Crippen LogP contribution in [0.2, 0.25) is 6.55 Å². The molecular formula is C13H20O4Si. The van der Waals surface area contributed by atoms with Crippen molar-refractivity contribution in [3.63, 3.8) is 0 Å². The minimum absolute atomic E-state index is 0.331. The molecular weight excluding hydrogens is 248 g/mol. The summed E-state index contributed by atoms with van der Waals surface area (Å²) in [5.74, 6) is 0.898. The first-order valence-electron chi connectivity index (χ1n) is 6.31. The number of hydrogen-bond donors (Lipinski definition) is 0. The van der Waals surface area contributed by atoms with Gasteiger partial charge in [0.2, 0.25) is 0 Å². The van der Waals surface area contributed by atoms with E-state index in [0.29, 0.717) is 26.6 Å². The summed E-state index contributed by atoms with van der Waals surface area (Å²) in [7, 11) is -2.30. The minimum atomic E-state index is -2.30. The lowest BCUT2D eigenvalue weighted by Gasteiger charge is -2.27. The van der Waals surface area contributed by atoms with Gasteiger partial charge < -0.3 is 18.3 Å². The standard InChI is InChI=1S/C13H20O4Si/c1-4-16-18(3,17-5-2)12-6-7-13-11(8-12)9-14-10-15-13/h6-8H,4-5,9-10H2,1-3H3. The van der Waals surface area contributed by atoms with E-state index in [0.717, 1.165) is 16.5 Å². The Morgan fingerprint density at radius 3 is 2.61 bits per heavy atom. The second kappa shape index (κ2) is 5.84. The van der Waals surface area contributed by atoms with Gasteiger partial charge in [0.05, 0.1) is 6.61 Å². The summed E-state index contributed by atoms with van der Waals surface area (Å²) < 4.78 is 22.5. The van der Waals surface area contributed by atoms with E-state index in [-0.39, 0.29) is 0 Å². The third-order valence-corrected chi connectivity index (χ3v) is 6.02. The van der Waals surface area contributed by atoms with Crippen molar-refractivity contribution in [1.29, 1.82) is 0 Å². The molecule has 0 saturated carbocycles. The molecule has 2 rings (SSSR count). The quantitative estimate of drug-likeness (QED) is 0.764. The molecule has 1 aromatic rings. The molecule has 100 valence electrons. The van der Waals surface area contributed by atoms with E-state index >= 15 is 0 Å². The molecule has 1 aliphatic rings. The summed E-state index contributed by atoms with van der Waals surface area (Å²) in [6.45, 7) is 8.31. The summed E-state index contributed by atoms with van der Waals surface area (Å²) in [6, 6.07) is 6.12. The first kappa shape index (κ1) is 13.5. The Bertz CT molecular complexity index is 402. The third kappa shape index (κ3) is 2.75. The first-order chi connectivity index (χ1) is 8.69. The van der Waals surface area contributed by atoms with E-state index in [1.54, 1.807) is 0 Å². The molecule has 1 heterocycles. The highest BCUT2D eigenvalue weighted by Gasteiger charge is 2.34. The maximum Gasteiger partial charge on any atom is 0.369 e. The molecule has 1 aliphatic heterocycles. The molecule has 0 fully saturated rings. The zero-order valence-corrected chi connectivity index (χ0v) is 12.2. The van der Waals surface area contributed by atoms with Gasteiger partial charge in [-0.25, -0.2) is 0 Å². The highest BCUT2D eigenvalue weighted by Crippen LogP contribution is 2.23. The lowest BCUT2D eigenvalue weighted by atomic mass is 10.2. The van der Waals surface area contributed by atoms with Gasteiger partial charge in [-0.2, -0.15) is 0 Å². The van der Waals surface area contributed by atoms with Crippen molar-refractivity contribution in [3.05, 3.63) is 23.8 Å². The monoisotopic (exact) mass is 268 g/mol. The zero-order valence-electron chi connectivity index (χ0n) is 11.2. The van der Waals surface area contributed by atoms with Crippen molar-refractivity contribution in [2.45, 2.75) is 27.0 Å². The Labute approximate surface area is 109 Å². The largest absolute Gasteiger partial charge is 0.467 e. The van der Waals surface area contributed by atoms with Gasteiger partial charge in [0.25, 0.3) is 0 Å². The van der Waals surface area contributed by atoms with Crippen molar-refractivity contribution in [2.75, 3.05) is 20.0 Å². The van der Waals surface area contributed by atoms with Crippen molar-refractivity contribution < 1.29 is 18.3 Å². The molecule has 0 unspecified atom stereocenters. The number of benzene rings is 1. The van der Waals surface area contributed by atoms with E-state index in [9.17, 15) is 0 Å². The topological polar surface area (TPSA) is 36.9 Å². The van der Waals surface area contributed by atoms with Crippen LogP contribution in [0.3, 0.4) is 0 Å². The number of ether oxygens (including phenoxy) is 2. The lowest BCUT2D eigenvalue weighted by Crippen LogP contribution is -2.51. The van der Waals surface area contributed by atoms with E-state index in [4.69, 9.17) is 18.3 Å². The Balaban J connectivity index is 2.30. The maximum absolute atomic E-state index is 5.88. The summed E-state index contributed by atoms with van der Waals surface area (Å²) in [6.07, 6.45) is 0. The summed E-state index contributed by atoms with van der Waals surface area (Å²) in [5, 5.41) is 1.12. The van der Waals surface area contributed by atoms with Crippen LogP contribution in [0.5, 0.6) is 5.75 Å². The van der Waals surface area contributed by atoms with Crippen LogP contribution in [0.15, 0.2) is 18.2 Å². The molecule has 4 nitrogen and oxygen atoms in total. The summed E-state index contributed by atoms with van der Waals surface area (Å²) in [4.78, 5) is 0. The van der Waals surface area contributed by atoms with Crippen LogP contribution in [0.4, 0.5) is 0 Å². The van der Waals surface area contributed by atoms with Crippen LogP contribution in [0, 0.1) is 0 Å². The Hall–Kier alpha value is -0.883. The van der Waals surface area contributed by atoms with Crippen LogP contribution in [-0.2, 0) is 20.2 Å². The molecule has 0 radical (unpaired) electrons. The zero-order chi connectivity index (χ0) is 13.0. The van der Waals surface area contributed by atoms with Gasteiger partial charge in [-0.05, 0) is 37.7 Å². The summed E-state index contributed by atoms with van der Waals surface area (Å²) in [5.41, 5.74) is 1.07. The van der Waals surface area contributed by atoms with E-state index in [1.807, 2.05) is 26.0 Å². The highest BCUT2D eigenvalue weighted by molar-refractivity contribution is 6.80. The predicted molar refractivity (Wildman–Crippen MR) is 71.2 cm³/mol. The molecule has 0 bridgehead atoms. The minimum Gasteiger partial charge on any atom is -0.467 e. The van der Waals surface area contributed by atoms with E-state index in [2.05, 4.69) is 12.6 Å². The van der Waals surface area contributed by atoms with Crippen molar-refractivity contribution in [1.82, 2.24) is 0 Å². The summed E-state index contributed by atoms with van der Waals surface area (Å²) >= 11 is 0.